The summed E-state index contributed by atoms with van der Waals surface area (Å²) in [5, 5.41) is 8.46. The van der Waals surface area contributed by atoms with E-state index in [2.05, 4.69) is 4.98 Å². The smallest absolute Gasteiger partial charge is 0.449 e. The predicted octanol–water partition coefficient (Wildman–Crippen LogP) is 1.88. The standard InChI is InChI=1S/C7H5BF3N2/c9-8(10,11)3-6-1-2-13-5-7(6)4-12/h1-2,5H,3H2/q-1. The van der Waals surface area contributed by atoms with Crippen LogP contribution in [0.15, 0.2) is 18.5 Å². The van der Waals surface area contributed by atoms with Crippen molar-refractivity contribution in [2.75, 3.05) is 0 Å². The van der Waals surface area contributed by atoms with Crippen LogP contribution in [0.2, 0.25) is 0 Å². The molecule has 0 saturated carbocycles. The summed E-state index contributed by atoms with van der Waals surface area (Å²) in [6.45, 7) is -4.89. The highest BCUT2D eigenvalue weighted by Gasteiger charge is 2.24. The second kappa shape index (κ2) is 3.48. The van der Waals surface area contributed by atoms with Gasteiger partial charge >= 0.3 is 6.98 Å². The molecule has 0 amide bonds. The van der Waals surface area contributed by atoms with Crippen LogP contribution in [0.3, 0.4) is 0 Å². The lowest BCUT2D eigenvalue weighted by atomic mass is 9.81. The molecule has 1 rings (SSSR count). The van der Waals surface area contributed by atoms with Crippen LogP contribution in [0.1, 0.15) is 11.1 Å². The third-order valence-electron chi connectivity index (χ3n) is 1.48. The third-order valence-corrected chi connectivity index (χ3v) is 1.48. The molecule has 0 fully saturated rings. The Labute approximate surface area is 73.1 Å². The lowest BCUT2D eigenvalue weighted by Gasteiger charge is -2.13. The van der Waals surface area contributed by atoms with E-state index in [1.165, 1.54) is 12.3 Å². The van der Waals surface area contributed by atoms with Crippen molar-refractivity contribution in [1.29, 1.82) is 5.26 Å². The van der Waals surface area contributed by atoms with Gasteiger partial charge in [-0.3, -0.25) is 4.98 Å². The van der Waals surface area contributed by atoms with E-state index in [1.807, 2.05) is 0 Å². The van der Waals surface area contributed by atoms with Gasteiger partial charge in [-0.05, 0) is 6.07 Å². The van der Waals surface area contributed by atoms with E-state index < -0.39 is 13.3 Å². The Bertz CT molecular complexity index is 342. The molecule has 1 aromatic rings. The molecule has 0 N–H and O–H groups in total. The van der Waals surface area contributed by atoms with Gasteiger partial charge in [-0.25, -0.2) is 0 Å². The molecule has 1 heterocycles. The second-order valence-electron chi connectivity index (χ2n) is 2.56. The first-order valence-corrected chi connectivity index (χ1v) is 3.57. The Morgan fingerprint density at radius 3 is 2.69 bits per heavy atom. The van der Waals surface area contributed by atoms with Gasteiger partial charge in [0.1, 0.15) is 6.07 Å². The van der Waals surface area contributed by atoms with Crippen molar-refractivity contribution in [1.82, 2.24) is 4.98 Å². The zero-order valence-electron chi connectivity index (χ0n) is 6.54. The van der Waals surface area contributed by atoms with Gasteiger partial charge in [0.15, 0.2) is 0 Å². The van der Waals surface area contributed by atoms with Crippen LogP contribution in [0, 0.1) is 11.3 Å². The Kier molecular flexibility index (Phi) is 2.56. The number of hydrogen-bond donors (Lipinski definition) is 0. The molecule has 0 aliphatic heterocycles. The summed E-state index contributed by atoms with van der Waals surface area (Å²) in [4.78, 5) is 3.56. The zero-order chi connectivity index (χ0) is 9.90. The molecule has 6 heteroatoms. The minimum Gasteiger partial charge on any atom is -0.449 e. The van der Waals surface area contributed by atoms with Crippen LogP contribution in [0.4, 0.5) is 12.9 Å². The molecule has 1 aromatic heterocycles. The first kappa shape index (κ1) is 9.58. The fraction of sp³-hybridized carbons (Fsp3) is 0.143. The summed E-state index contributed by atoms with van der Waals surface area (Å²) in [7, 11) is 0. The molecule has 68 valence electrons. The molecule has 0 radical (unpaired) electrons. The maximum absolute atomic E-state index is 12.0. The quantitative estimate of drug-likeness (QED) is 0.659. The molecule has 0 unspecified atom stereocenters. The van der Waals surface area contributed by atoms with Crippen molar-refractivity contribution in [2.45, 2.75) is 6.32 Å². The van der Waals surface area contributed by atoms with Gasteiger partial charge in [-0.1, -0.05) is 11.9 Å². The molecule has 0 spiro atoms. The third kappa shape index (κ3) is 2.78. The summed E-state index contributed by atoms with van der Waals surface area (Å²) in [6, 6.07) is 2.88. The Hall–Kier alpha value is -1.51. The number of halogens is 3. The van der Waals surface area contributed by atoms with Crippen LogP contribution in [-0.2, 0) is 6.32 Å². The summed E-state index contributed by atoms with van der Waals surface area (Å²) >= 11 is 0. The van der Waals surface area contributed by atoms with Gasteiger partial charge < -0.3 is 12.9 Å². The van der Waals surface area contributed by atoms with Gasteiger partial charge in [0.25, 0.3) is 0 Å². The molecule has 0 atom stereocenters. The fourth-order valence-corrected chi connectivity index (χ4v) is 0.951. The summed E-state index contributed by atoms with van der Waals surface area (Å²) in [6.07, 6.45) is 1.36. The van der Waals surface area contributed by atoms with Crippen LogP contribution in [-0.4, -0.2) is 12.0 Å². The average Bonchev–Trinajstić information content (AvgIpc) is 2.02. The predicted molar refractivity (Wildman–Crippen MR) is 41.7 cm³/mol. The number of nitriles is 1. The van der Waals surface area contributed by atoms with Gasteiger partial charge in [0.05, 0.1) is 5.56 Å². The molecule has 0 saturated heterocycles. The van der Waals surface area contributed by atoms with E-state index in [1.54, 1.807) is 6.07 Å². The van der Waals surface area contributed by atoms with Gasteiger partial charge in [0, 0.05) is 12.4 Å². The Balaban J connectivity index is 2.96. The highest BCUT2D eigenvalue weighted by atomic mass is 19.4. The minimum atomic E-state index is -4.89. The summed E-state index contributed by atoms with van der Waals surface area (Å²) in [5.41, 5.74) is -0.0216. The van der Waals surface area contributed by atoms with E-state index in [9.17, 15) is 12.9 Å². The van der Waals surface area contributed by atoms with Crippen molar-refractivity contribution >= 4 is 6.98 Å². The largest absolute Gasteiger partial charge is 0.482 e. The van der Waals surface area contributed by atoms with Crippen molar-refractivity contribution in [2.24, 2.45) is 0 Å². The molecule has 0 aliphatic rings. The zero-order valence-corrected chi connectivity index (χ0v) is 6.54. The molecule has 0 aromatic carbocycles. The highest BCUT2D eigenvalue weighted by molar-refractivity contribution is 6.57. The number of aromatic nitrogens is 1. The molecular formula is C7H5BF3N2-. The summed E-state index contributed by atoms with van der Waals surface area (Å²) < 4.78 is 36.0. The van der Waals surface area contributed by atoms with Crippen molar-refractivity contribution in [3.05, 3.63) is 29.6 Å². The highest BCUT2D eigenvalue weighted by Crippen LogP contribution is 2.17. The monoisotopic (exact) mass is 185 g/mol. The number of pyridine rings is 1. The lowest BCUT2D eigenvalue weighted by Crippen LogP contribution is -2.20. The van der Waals surface area contributed by atoms with Crippen molar-refractivity contribution in [3.8, 4) is 6.07 Å². The Morgan fingerprint density at radius 2 is 2.15 bits per heavy atom. The normalized spacial score (nSPS) is 10.9. The molecule has 0 bridgehead atoms. The molecule has 13 heavy (non-hydrogen) atoms. The van der Waals surface area contributed by atoms with E-state index in [0.717, 1.165) is 6.20 Å². The van der Waals surface area contributed by atoms with E-state index in [-0.39, 0.29) is 11.1 Å². The van der Waals surface area contributed by atoms with Gasteiger partial charge in [0.2, 0.25) is 0 Å². The average molecular weight is 185 g/mol. The van der Waals surface area contributed by atoms with Crippen LogP contribution in [0.25, 0.3) is 0 Å². The first-order valence-electron chi connectivity index (χ1n) is 3.57. The number of rotatable bonds is 2. The molecular weight excluding hydrogens is 180 g/mol. The maximum Gasteiger partial charge on any atom is 0.482 e. The topological polar surface area (TPSA) is 36.7 Å². The van der Waals surface area contributed by atoms with Crippen LogP contribution in [0.5, 0.6) is 0 Å². The van der Waals surface area contributed by atoms with Crippen LogP contribution >= 0.6 is 0 Å². The fourth-order valence-electron chi connectivity index (χ4n) is 0.951. The van der Waals surface area contributed by atoms with E-state index in [0.29, 0.717) is 0 Å². The van der Waals surface area contributed by atoms with Crippen molar-refractivity contribution in [3.63, 3.8) is 0 Å². The van der Waals surface area contributed by atoms with Crippen molar-refractivity contribution < 1.29 is 12.9 Å². The van der Waals surface area contributed by atoms with E-state index in [4.69, 9.17) is 5.26 Å². The number of nitrogens with zero attached hydrogens (tertiary/aromatic N) is 2. The van der Waals surface area contributed by atoms with Crippen LogP contribution < -0.4 is 0 Å². The Morgan fingerprint density at radius 1 is 1.46 bits per heavy atom. The first-order chi connectivity index (χ1) is 6.03. The van der Waals surface area contributed by atoms with E-state index >= 15 is 0 Å². The lowest BCUT2D eigenvalue weighted by molar-refractivity contribution is 0.468. The minimum absolute atomic E-state index is 0.00926. The van der Waals surface area contributed by atoms with Gasteiger partial charge in [-0.2, -0.15) is 5.26 Å². The summed E-state index contributed by atoms with van der Waals surface area (Å²) in [5.74, 6) is 0. The molecule has 2 nitrogen and oxygen atoms in total. The number of hydrogen-bond acceptors (Lipinski definition) is 2. The van der Waals surface area contributed by atoms with Gasteiger partial charge in [-0.15, -0.1) is 0 Å². The maximum atomic E-state index is 12.0. The molecule has 0 aliphatic carbocycles. The SMILES string of the molecule is N#Cc1cnccc1C[B-](F)(F)F. The second-order valence-corrected chi connectivity index (χ2v) is 2.56.